The van der Waals surface area contributed by atoms with Crippen LogP contribution in [0.1, 0.15) is 56.4 Å². The first-order chi connectivity index (χ1) is 13.6. The number of rotatable bonds is 5. The Bertz CT molecular complexity index is 733. The maximum Gasteiger partial charge on any atom is 0.234 e. The van der Waals surface area contributed by atoms with Gasteiger partial charge in [0.1, 0.15) is 0 Å². The van der Waals surface area contributed by atoms with Crippen molar-refractivity contribution >= 4 is 11.8 Å². The van der Waals surface area contributed by atoms with E-state index in [1.807, 2.05) is 18.2 Å². The molecule has 2 amide bonds. The quantitative estimate of drug-likeness (QED) is 0.853. The fourth-order valence-corrected chi connectivity index (χ4v) is 5.12. The third-order valence-electron chi connectivity index (χ3n) is 7.14. The molecule has 5 heteroatoms. The Labute approximate surface area is 167 Å². The minimum Gasteiger partial charge on any atom is -0.352 e. The molecule has 4 fully saturated rings. The monoisotopic (exact) mass is 381 g/mol. The number of benzene rings is 1. The standard InChI is InChI=1S/C23H31N3O2/c27-21(24-18-6-7-18)15-25-12-10-23(11-13-25)14-20(17-4-2-1-3-5-17)22(28)26(16-23)19-8-9-19/h1-5,18-20H,6-16H2,(H,24,27)/t20-/m1/s1. The van der Waals surface area contributed by atoms with Crippen molar-refractivity contribution < 1.29 is 9.59 Å². The van der Waals surface area contributed by atoms with Crippen molar-refractivity contribution in [3.8, 4) is 0 Å². The van der Waals surface area contributed by atoms with E-state index in [1.54, 1.807) is 0 Å². The predicted molar refractivity (Wildman–Crippen MR) is 108 cm³/mol. The van der Waals surface area contributed by atoms with Gasteiger partial charge < -0.3 is 10.2 Å². The molecule has 0 radical (unpaired) electrons. The van der Waals surface area contributed by atoms with E-state index in [9.17, 15) is 9.59 Å². The zero-order valence-electron chi connectivity index (χ0n) is 16.6. The van der Waals surface area contributed by atoms with Crippen molar-refractivity contribution in [1.29, 1.82) is 0 Å². The van der Waals surface area contributed by atoms with Crippen molar-refractivity contribution in [1.82, 2.24) is 15.1 Å². The molecule has 0 unspecified atom stereocenters. The summed E-state index contributed by atoms with van der Waals surface area (Å²) >= 11 is 0. The molecule has 2 heterocycles. The van der Waals surface area contributed by atoms with Gasteiger partial charge in [0.15, 0.2) is 0 Å². The van der Waals surface area contributed by atoms with E-state index in [4.69, 9.17) is 0 Å². The zero-order valence-corrected chi connectivity index (χ0v) is 16.6. The lowest BCUT2D eigenvalue weighted by atomic mass is 9.67. The first-order valence-electron chi connectivity index (χ1n) is 11.0. The Balaban J connectivity index is 1.27. The van der Waals surface area contributed by atoms with E-state index in [0.29, 0.717) is 24.5 Å². The summed E-state index contributed by atoms with van der Waals surface area (Å²) in [5, 5.41) is 3.10. The second kappa shape index (κ2) is 7.18. The third kappa shape index (κ3) is 3.82. The number of nitrogens with zero attached hydrogens (tertiary/aromatic N) is 2. The molecule has 150 valence electrons. The molecular weight excluding hydrogens is 350 g/mol. The van der Waals surface area contributed by atoms with E-state index in [1.165, 1.54) is 5.56 Å². The van der Waals surface area contributed by atoms with Crippen LogP contribution < -0.4 is 5.32 Å². The molecule has 1 aromatic rings. The van der Waals surface area contributed by atoms with Crippen LogP contribution in [0.3, 0.4) is 0 Å². The maximum absolute atomic E-state index is 13.2. The average molecular weight is 382 g/mol. The topological polar surface area (TPSA) is 52.7 Å². The number of nitrogens with one attached hydrogen (secondary N) is 1. The molecule has 0 bridgehead atoms. The summed E-state index contributed by atoms with van der Waals surface area (Å²) in [5.74, 6) is 0.518. The van der Waals surface area contributed by atoms with Crippen LogP contribution in [-0.2, 0) is 9.59 Å². The summed E-state index contributed by atoms with van der Waals surface area (Å²) in [7, 11) is 0. The Hall–Kier alpha value is -1.88. The van der Waals surface area contributed by atoms with Gasteiger partial charge in [0.2, 0.25) is 11.8 Å². The molecule has 5 rings (SSSR count). The highest BCUT2D eigenvalue weighted by atomic mass is 16.2. The van der Waals surface area contributed by atoms with Crippen molar-refractivity contribution in [3.63, 3.8) is 0 Å². The minimum absolute atomic E-state index is 0.000246. The number of likely N-dealkylation sites (tertiary alicyclic amines) is 2. The number of amides is 2. The van der Waals surface area contributed by atoms with Crippen LogP contribution in [-0.4, -0.2) is 59.9 Å². The van der Waals surface area contributed by atoms with Gasteiger partial charge in [0.25, 0.3) is 0 Å². The lowest BCUT2D eigenvalue weighted by molar-refractivity contribution is -0.142. The minimum atomic E-state index is 0.000246. The normalized spacial score (nSPS) is 27.8. The highest BCUT2D eigenvalue weighted by Gasteiger charge is 2.49. The first-order valence-corrected chi connectivity index (χ1v) is 11.0. The highest BCUT2D eigenvalue weighted by Crippen LogP contribution is 2.48. The molecule has 1 aromatic carbocycles. The van der Waals surface area contributed by atoms with Gasteiger partial charge in [-0.05, 0) is 69.0 Å². The highest BCUT2D eigenvalue weighted by molar-refractivity contribution is 5.85. The predicted octanol–water partition coefficient (Wildman–Crippen LogP) is 2.53. The summed E-state index contributed by atoms with van der Waals surface area (Å²) in [4.78, 5) is 29.9. The summed E-state index contributed by atoms with van der Waals surface area (Å²) in [5.41, 5.74) is 1.38. The molecule has 5 nitrogen and oxygen atoms in total. The van der Waals surface area contributed by atoms with Crippen molar-refractivity contribution in [2.75, 3.05) is 26.2 Å². The van der Waals surface area contributed by atoms with Gasteiger partial charge in [-0.2, -0.15) is 0 Å². The van der Waals surface area contributed by atoms with Gasteiger partial charge in [-0.3, -0.25) is 14.5 Å². The lowest BCUT2D eigenvalue weighted by Crippen LogP contribution is -2.55. The van der Waals surface area contributed by atoms with Crippen molar-refractivity contribution in [3.05, 3.63) is 35.9 Å². The number of piperidine rings is 2. The molecule has 1 spiro atoms. The number of hydrogen-bond donors (Lipinski definition) is 1. The van der Waals surface area contributed by atoms with Crippen LogP contribution in [0.15, 0.2) is 30.3 Å². The van der Waals surface area contributed by atoms with Crippen LogP contribution >= 0.6 is 0 Å². The molecule has 2 aliphatic carbocycles. The van der Waals surface area contributed by atoms with Gasteiger partial charge in [-0.15, -0.1) is 0 Å². The molecule has 1 N–H and O–H groups in total. The Morgan fingerprint density at radius 3 is 2.43 bits per heavy atom. The zero-order chi connectivity index (χ0) is 19.1. The molecule has 2 saturated heterocycles. The number of carbonyl (C=O) groups is 2. The molecular formula is C23H31N3O2. The lowest BCUT2D eigenvalue weighted by Gasteiger charge is -2.50. The van der Waals surface area contributed by atoms with Gasteiger partial charge >= 0.3 is 0 Å². The van der Waals surface area contributed by atoms with E-state index >= 15 is 0 Å². The molecule has 2 saturated carbocycles. The average Bonchev–Trinajstić information content (AvgIpc) is 3.61. The smallest absolute Gasteiger partial charge is 0.234 e. The van der Waals surface area contributed by atoms with Crippen molar-refractivity contribution in [2.45, 2.75) is 62.9 Å². The summed E-state index contributed by atoms with van der Waals surface area (Å²) < 4.78 is 0. The molecule has 2 aliphatic heterocycles. The van der Waals surface area contributed by atoms with Gasteiger partial charge in [0, 0.05) is 18.6 Å². The van der Waals surface area contributed by atoms with Crippen molar-refractivity contribution in [2.24, 2.45) is 5.41 Å². The maximum atomic E-state index is 13.2. The van der Waals surface area contributed by atoms with Gasteiger partial charge in [0.05, 0.1) is 12.5 Å². The summed E-state index contributed by atoms with van der Waals surface area (Å²) in [6, 6.07) is 11.3. The van der Waals surface area contributed by atoms with Crippen LogP contribution in [0.2, 0.25) is 0 Å². The van der Waals surface area contributed by atoms with Gasteiger partial charge in [-0.1, -0.05) is 30.3 Å². The van der Waals surface area contributed by atoms with E-state index < -0.39 is 0 Å². The third-order valence-corrected chi connectivity index (χ3v) is 7.14. The Kier molecular flexibility index (Phi) is 4.66. The number of carbonyl (C=O) groups excluding carboxylic acids is 2. The van der Waals surface area contributed by atoms with E-state index in [-0.39, 0.29) is 17.2 Å². The SMILES string of the molecule is O=C(CN1CCC2(CC1)C[C@H](c1ccccc1)C(=O)N(C1CC1)C2)NC1CC1. The molecule has 0 aromatic heterocycles. The second-order valence-electron chi connectivity index (χ2n) is 9.48. The summed E-state index contributed by atoms with van der Waals surface area (Å²) in [6.07, 6.45) is 7.74. The van der Waals surface area contributed by atoms with Gasteiger partial charge in [-0.25, -0.2) is 0 Å². The van der Waals surface area contributed by atoms with E-state index in [0.717, 1.165) is 64.6 Å². The summed E-state index contributed by atoms with van der Waals surface area (Å²) in [6.45, 7) is 3.38. The first kappa shape index (κ1) is 18.2. The Morgan fingerprint density at radius 1 is 1.07 bits per heavy atom. The van der Waals surface area contributed by atoms with Crippen LogP contribution in [0.25, 0.3) is 0 Å². The molecule has 28 heavy (non-hydrogen) atoms. The van der Waals surface area contributed by atoms with Crippen LogP contribution in [0.4, 0.5) is 0 Å². The van der Waals surface area contributed by atoms with Crippen LogP contribution in [0, 0.1) is 5.41 Å². The molecule has 4 aliphatic rings. The van der Waals surface area contributed by atoms with E-state index in [2.05, 4.69) is 27.2 Å². The fourth-order valence-electron chi connectivity index (χ4n) is 5.12. The fraction of sp³-hybridized carbons (Fsp3) is 0.652. The Morgan fingerprint density at radius 2 is 1.79 bits per heavy atom. The van der Waals surface area contributed by atoms with Crippen LogP contribution in [0.5, 0.6) is 0 Å². The molecule has 1 atom stereocenters. The second-order valence-corrected chi connectivity index (χ2v) is 9.48. The number of hydrogen-bond acceptors (Lipinski definition) is 3. The largest absolute Gasteiger partial charge is 0.352 e.